The lowest BCUT2D eigenvalue weighted by molar-refractivity contribution is 0.102. The molecular formula is C16H14N2O. The molecule has 2 aromatic rings. The predicted octanol–water partition coefficient (Wildman–Crippen LogP) is 3.12. The van der Waals surface area contributed by atoms with E-state index in [9.17, 15) is 4.79 Å². The number of nitrogens with zero attached hydrogens (tertiary/aromatic N) is 2. The van der Waals surface area contributed by atoms with Crippen LogP contribution in [0.5, 0.6) is 0 Å². The molecular weight excluding hydrogens is 236 g/mol. The molecule has 3 heteroatoms. The van der Waals surface area contributed by atoms with Gasteiger partial charge in [-0.3, -0.25) is 4.79 Å². The van der Waals surface area contributed by atoms with Crippen LogP contribution in [0.15, 0.2) is 42.5 Å². The summed E-state index contributed by atoms with van der Waals surface area (Å²) >= 11 is 0. The van der Waals surface area contributed by atoms with Crippen molar-refractivity contribution in [2.45, 2.75) is 25.3 Å². The number of hydrogen-bond donors (Lipinski definition) is 0. The number of benzene rings is 1. The van der Waals surface area contributed by atoms with Crippen LogP contribution in [-0.2, 0) is 6.54 Å². The third kappa shape index (κ3) is 1.96. The third-order valence-electron chi connectivity index (χ3n) is 3.67. The Bertz CT molecular complexity index is 649. The summed E-state index contributed by atoms with van der Waals surface area (Å²) in [5.74, 6) is -0.0449. The lowest BCUT2D eigenvalue weighted by Gasteiger charge is -2.21. The van der Waals surface area contributed by atoms with E-state index < -0.39 is 0 Å². The van der Waals surface area contributed by atoms with Gasteiger partial charge in [-0.15, -0.1) is 0 Å². The van der Waals surface area contributed by atoms with Gasteiger partial charge in [0.25, 0.3) is 0 Å². The van der Waals surface area contributed by atoms with Crippen LogP contribution in [0.1, 0.15) is 40.5 Å². The van der Waals surface area contributed by atoms with Crippen molar-refractivity contribution in [3.05, 3.63) is 59.4 Å². The van der Waals surface area contributed by atoms with Gasteiger partial charge in [-0.2, -0.15) is 5.26 Å². The molecule has 0 unspecified atom stereocenters. The quantitative estimate of drug-likeness (QED) is 0.769. The van der Waals surface area contributed by atoms with Gasteiger partial charge in [-0.05, 0) is 25.0 Å². The van der Waals surface area contributed by atoms with Crippen molar-refractivity contribution in [2.24, 2.45) is 0 Å². The molecule has 1 aromatic carbocycles. The number of ketones is 1. The van der Waals surface area contributed by atoms with Crippen molar-refractivity contribution in [3.63, 3.8) is 0 Å². The Labute approximate surface area is 112 Å². The summed E-state index contributed by atoms with van der Waals surface area (Å²) in [4.78, 5) is 12.5. The van der Waals surface area contributed by atoms with Gasteiger partial charge in [0, 0.05) is 17.8 Å². The summed E-state index contributed by atoms with van der Waals surface area (Å²) in [5.41, 5.74) is 2.37. The number of carbonyl (C=O) groups is 1. The molecule has 3 nitrogen and oxygen atoms in total. The first kappa shape index (κ1) is 11.7. The Kier molecular flexibility index (Phi) is 2.92. The zero-order valence-corrected chi connectivity index (χ0v) is 10.5. The van der Waals surface area contributed by atoms with Gasteiger partial charge in [0.2, 0.25) is 5.78 Å². The van der Waals surface area contributed by atoms with Gasteiger partial charge in [0.05, 0.1) is 17.7 Å². The summed E-state index contributed by atoms with van der Waals surface area (Å²) in [6.45, 7) is 0.828. The van der Waals surface area contributed by atoms with E-state index in [1.165, 1.54) is 0 Å². The van der Waals surface area contributed by atoms with E-state index >= 15 is 0 Å². The van der Waals surface area contributed by atoms with Gasteiger partial charge >= 0.3 is 0 Å². The molecule has 3 rings (SSSR count). The summed E-state index contributed by atoms with van der Waals surface area (Å²) < 4.78 is 2.01. The summed E-state index contributed by atoms with van der Waals surface area (Å²) in [7, 11) is 0. The monoisotopic (exact) mass is 250 g/mol. The smallest absolute Gasteiger partial charge is 0.209 e. The Balaban J connectivity index is 2.02. The van der Waals surface area contributed by atoms with Crippen molar-refractivity contribution in [3.8, 4) is 6.07 Å². The summed E-state index contributed by atoms with van der Waals surface area (Å²) in [6, 6.07) is 15.4. The van der Waals surface area contributed by atoms with Gasteiger partial charge in [0.15, 0.2) is 0 Å². The molecule has 19 heavy (non-hydrogen) atoms. The minimum Gasteiger partial charge on any atom is -0.341 e. The molecule has 0 amide bonds. The summed E-state index contributed by atoms with van der Waals surface area (Å²) in [5, 5.41) is 9.15. The Morgan fingerprint density at radius 1 is 1.21 bits per heavy atom. The Morgan fingerprint density at radius 2 is 2.00 bits per heavy atom. The fourth-order valence-corrected chi connectivity index (χ4v) is 2.70. The third-order valence-corrected chi connectivity index (χ3v) is 3.67. The Morgan fingerprint density at radius 3 is 2.74 bits per heavy atom. The van der Waals surface area contributed by atoms with Crippen molar-refractivity contribution >= 4 is 5.78 Å². The van der Waals surface area contributed by atoms with Crippen LogP contribution in [0.2, 0.25) is 0 Å². The first-order chi connectivity index (χ1) is 9.31. The molecule has 0 aliphatic carbocycles. The lowest BCUT2D eigenvalue weighted by Crippen LogP contribution is -2.18. The number of fused-ring (bicyclic) bond motifs is 1. The normalized spacial score (nSPS) is 17.5. The van der Waals surface area contributed by atoms with Crippen molar-refractivity contribution in [1.82, 2.24) is 4.57 Å². The minimum atomic E-state index is -0.0777. The topological polar surface area (TPSA) is 45.8 Å². The molecule has 0 bridgehead atoms. The first-order valence-corrected chi connectivity index (χ1v) is 6.50. The second kappa shape index (κ2) is 4.74. The van der Waals surface area contributed by atoms with E-state index in [-0.39, 0.29) is 11.7 Å². The van der Waals surface area contributed by atoms with E-state index in [1.54, 1.807) is 0 Å². The molecule has 0 saturated heterocycles. The highest BCUT2D eigenvalue weighted by molar-refractivity contribution is 6.08. The number of carbonyl (C=O) groups excluding carboxylic acids is 1. The highest BCUT2D eigenvalue weighted by Crippen LogP contribution is 2.29. The van der Waals surface area contributed by atoms with E-state index in [1.807, 2.05) is 47.0 Å². The van der Waals surface area contributed by atoms with Crippen LogP contribution in [0.25, 0.3) is 0 Å². The molecule has 0 radical (unpaired) electrons. The SMILES string of the molecule is N#C[C@H]1CCCn2c(C(=O)c3ccccc3)ccc21. The molecule has 0 spiro atoms. The standard InChI is InChI=1S/C16H14N2O/c17-11-13-7-4-10-18-14(13)8-9-15(18)16(19)12-5-2-1-3-6-12/h1-3,5-6,8-9,13H,4,7,10H2/t13-/m1/s1. The zero-order valence-electron chi connectivity index (χ0n) is 10.5. The number of hydrogen-bond acceptors (Lipinski definition) is 2. The molecule has 94 valence electrons. The first-order valence-electron chi connectivity index (χ1n) is 6.50. The van der Waals surface area contributed by atoms with Crippen LogP contribution in [-0.4, -0.2) is 10.4 Å². The van der Waals surface area contributed by atoms with Crippen LogP contribution in [0.3, 0.4) is 0 Å². The fraction of sp³-hybridized carbons (Fsp3) is 0.250. The van der Waals surface area contributed by atoms with Crippen LogP contribution >= 0.6 is 0 Å². The molecule has 1 atom stereocenters. The predicted molar refractivity (Wildman–Crippen MR) is 71.9 cm³/mol. The highest BCUT2D eigenvalue weighted by atomic mass is 16.1. The molecule has 0 fully saturated rings. The van der Waals surface area contributed by atoms with Gasteiger partial charge < -0.3 is 4.57 Å². The van der Waals surface area contributed by atoms with E-state index in [2.05, 4.69) is 6.07 Å². The minimum absolute atomic E-state index is 0.0328. The van der Waals surface area contributed by atoms with Crippen molar-refractivity contribution in [1.29, 1.82) is 5.26 Å². The molecule has 2 heterocycles. The van der Waals surface area contributed by atoms with E-state index in [0.717, 1.165) is 25.1 Å². The lowest BCUT2D eigenvalue weighted by atomic mass is 9.98. The van der Waals surface area contributed by atoms with Crippen molar-refractivity contribution in [2.75, 3.05) is 0 Å². The van der Waals surface area contributed by atoms with E-state index in [4.69, 9.17) is 5.26 Å². The van der Waals surface area contributed by atoms with Gasteiger partial charge in [-0.1, -0.05) is 30.3 Å². The van der Waals surface area contributed by atoms with Crippen LogP contribution in [0, 0.1) is 11.3 Å². The highest BCUT2D eigenvalue weighted by Gasteiger charge is 2.24. The maximum atomic E-state index is 12.5. The largest absolute Gasteiger partial charge is 0.341 e. The van der Waals surface area contributed by atoms with Gasteiger partial charge in [0.1, 0.15) is 0 Å². The van der Waals surface area contributed by atoms with Crippen LogP contribution < -0.4 is 0 Å². The second-order valence-electron chi connectivity index (χ2n) is 4.81. The number of rotatable bonds is 2. The molecule has 0 N–H and O–H groups in total. The summed E-state index contributed by atoms with van der Waals surface area (Å²) in [6.07, 6.45) is 1.84. The number of nitriles is 1. The zero-order chi connectivity index (χ0) is 13.2. The van der Waals surface area contributed by atoms with Gasteiger partial charge in [-0.25, -0.2) is 0 Å². The second-order valence-corrected chi connectivity index (χ2v) is 4.81. The molecule has 1 aliphatic heterocycles. The molecule has 1 aliphatic rings. The average molecular weight is 250 g/mol. The average Bonchev–Trinajstić information content (AvgIpc) is 2.91. The molecule has 0 saturated carbocycles. The maximum absolute atomic E-state index is 12.5. The van der Waals surface area contributed by atoms with Crippen LogP contribution in [0.4, 0.5) is 0 Å². The maximum Gasteiger partial charge on any atom is 0.209 e. The van der Waals surface area contributed by atoms with E-state index in [0.29, 0.717) is 11.3 Å². The molecule has 1 aromatic heterocycles. The number of aromatic nitrogens is 1. The fourth-order valence-electron chi connectivity index (χ4n) is 2.70. The van der Waals surface area contributed by atoms with Crippen molar-refractivity contribution < 1.29 is 4.79 Å². The Hall–Kier alpha value is -2.34.